The molecule has 3 rings (SSSR count). The molecule has 8 atom stereocenters. The number of rotatable bonds is 4. The van der Waals surface area contributed by atoms with Gasteiger partial charge in [0.25, 0.3) is 0 Å². The van der Waals surface area contributed by atoms with E-state index in [-0.39, 0.29) is 41.7 Å². The molecule has 1 aromatic carbocycles. The average molecular weight is 501 g/mol. The lowest BCUT2D eigenvalue weighted by Gasteiger charge is -2.48. The number of carbonyl (C=O) groups is 2. The molecule has 0 spiro atoms. The summed E-state index contributed by atoms with van der Waals surface area (Å²) in [6.45, 7) is 16.0. The molecule has 6 heteroatoms. The number of hydrogen-bond acceptors (Lipinski definition) is 6. The zero-order chi connectivity index (χ0) is 26.7. The SMILES string of the molecule is CC[C@H]1OC(=O)[C@H](C)[C@H]2OC(C)(C)O[C@H]([C@H]2C)[C@@H](C)C[C@@H](C)C(=O)/C=C/[C@]1(C)OCc1ccccc1. The van der Waals surface area contributed by atoms with Crippen LogP contribution in [0.3, 0.4) is 0 Å². The van der Waals surface area contributed by atoms with Crippen LogP contribution < -0.4 is 0 Å². The first-order valence-corrected chi connectivity index (χ1v) is 13.3. The maximum atomic E-state index is 13.5. The lowest BCUT2D eigenvalue weighted by molar-refractivity contribution is -0.334. The van der Waals surface area contributed by atoms with Gasteiger partial charge in [-0.3, -0.25) is 9.59 Å². The molecule has 2 aliphatic rings. The molecule has 36 heavy (non-hydrogen) atoms. The average Bonchev–Trinajstić information content (AvgIpc) is 2.85. The highest BCUT2D eigenvalue weighted by Gasteiger charge is 2.48. The first kappa shape index (κ1) is 28.5. The summed E-state index contributed by atoms with van der Waals surface area (Å²) in [5.41, 5.74) is 0.0296. The van der Waals surface area contributed by atoms with Gasteiger partial charge in [0.15, 0.2) is 11.6 Å². The maximum Gasteiger partial charge on any atom is 0.311 e. The van der Waals surface area contributed by atoms with E-state index in [0.717, 1.165) is 5.56 Å². The van der Waals surface area contributed by atoms with Crippen LogP contribution in [0.25, 0.3) is 0 Å². The fourth-order valence-electron chi connectivity index (χ4n) is 5.55. The summed E-state index contributed by atoms with van der Waals surface area (Å²) in [6.07, 6.45) is 3.51. The second-order valence-electron chi connectivity index (χ2n) is 11.4. The van der Waals surface area contributed by atoms with E-state index in [4.69, 9.17) is 18.9 Å². The van der Waals surface area contributed by atoms with Crippen LogP contribution in [0.5, 0.6) is 0 Å². The van der Waals surface area contributed by atoms with Gasteiger partial charge in [-0.25, -0.2) is 0 Å². The van der Waals surface area contributed by atoms with E-state index in [2.05, 4.69) is 13.8 Å². The minimum absolute atomic E-state index is 0.0264. The molecule has 0 aromatic heterocycles. The highest BCUT2D eigenvalue weighted by molar-refractivity contribution is 5.91. The fourth-order valence-corrected chi connectivity index (χ4v) is 5.55. The monoisotopic (exact) mass is 500 g/mol. The molecule has 0 aliphatic carbocycles. The molecule has 6 nitrogen and oxygen atoms in total. The molecule has 1 saturated heterocycles. The van der Waals surface area contributed by atoms with Crippen LogP contribution in [-0.2, 0) is 35.1 Å². The summed E-state index contributed by atoms with van der Waals surface area (Å²) >= 11 is 0. The van der Waals surface area contributed by atoms with Crippen LogP contribution >= 0.6 is 0 Å². The highest BCUT2D eigenvalue weighted by Crippen LogP contribution is 2.40. The van der Waals surface area contributed by atoms with Crippen molar-refractivity contribution >= 4 is 11.8 Å². The third kappa shape index (κ3) is 6.64. The van der Waals surface area contributed by atoms with Gasteiger partial charge in [-0.2, -0.15) is 0 Å². The van der Waals surface area contributed by atoms with Gasteiger partial charge in [-0.05, 0) is 64.2 Å². The second-order valence-corrected chi connectivity index (χ2v) is 11.4. The largest absolute Gasteiger partial charge is 0.459 e. The van der Waals surface area contributed by atoms with Crippen molar-refractivity contribution in [3.8, 4) is 0 Å². The maximum absolute atomic E-state index is 13.5. The van der Waals surface area contributed by atoms with Gasteiger partial charge < -0.3 is 18.9 Å². The van der Waals surface area contributed by atoms with Crippen LogP contribution in [-0.4, -0.2) is 41.5 Å². The molecule has 1 fully saturated rings. The van der Waals surface area contributed by atoms with Crippen LogP contribution in [0.4, 0.5) is 0 Å². The Balaban J connectivity index is 1.98. The minimum Gasteiger partial charge on any atom is -0.459 e. The Bertz CT molecular complexity index is 925. The normalized spacial score (nSPS) is 38.6. The number of carbonyl (C=O) groups excluding carboxylic acids is 2. The number of allylic oxidation sites excluding steroid dienone is 1. The number of hydrogen-bond donors (Lipinski definition) is 0. The summed E-state index contributed by atoms with van der Waals surface area (Å²) in [7, 11) is 0. The molecule has 0 saturated carbocycles. The van der Waals surface area contributed by atoms with E-state index in [1.54, 1.807) is 12.2 Å². The van der Waals surface area contributed by atoms with Gasteiger partial charge in [0, 0.05) is 11.8 Å². The molecule has 0 unspecified atom stereocenters. The fraction of sp³-hybridized carbons (Fsp3) is 0.667. The van der Waals surface area contributed by atoms with Crippen molar-refractivity contribution in [2.75, 3.05) is 0 Å². The van der Waals surface area contributed by atoms with Crippen molar-refractivity contribution in [1.82, 2.24) is 0 Å². The molecule has 0 N–H and O–H groups in total. The van der Waals surface area contributed by atoms with Gasteiger partial charge in [-0.1, -0.05) is 58.0 Å². The van der Waals surface area contributed by atoms with Crippen molar-refractivity contribution in [2.45, 2.75) is 105 Å². The van der Waals surface area contributed by atoms with Crippen molar-refractivity contribution < 1.29 is 28.5 Å². The molecule has 2 aliphatic heterocycles. The van der Waals surface area contributed by atoms with Gasteiger partial charge in [0.1, 0.15) is 11.7 Å². The number of fused-ring (bicyclic) bond motifs is 2. The first-order valence-electron chi connectivity index (χ1n) is 13.3. The number of ketones is 1. The first-order chi connectivity index (χ1) is 16.9. The zero-order valence-corrected chi connectivity index (χ0v) is 23.2. The summed E-state index contributed by atoms with van der Waals surface area (Å²) < 4.78 is 25.1. The smallest absolute Gasteiger partial charge is 0.311 e. The Morgan fingerprint density at radius 3 is 2.25 bits per heavy atom. The lowest BCUT2D eigenvalue weighted by atomic mass is 9.79. The van der Waals surface area contributed by atoms with Crippen LogP contribution in [0, 0.1) is 23.7 Å². The molecular weight excluding hydrogens is 456 g/mol. The Morgan fingerprint density at radius 1 is 0.972 bits per heavy atom. The standard InChI is InChI=1S/C30H44O6/c1-9-25-30(8,33-18-23-13-11-10-12-14-23)16-15-24(31)19(2)17-20(3)26-21(4)27(22(5)28(32)34-25)36-29(6,7)35-26/h10-16,19-22,25-27H,9,17-18H2,1-8H3/b16-15+/t19-,20+,21-,22-,25-,26+,27+,30+/m1/s1. The van der Waals surface area contributed by atoms with Crippen molar-refractivity contribution in [3.05, 3.63) is 48.0 Å². The van der Waals surface area contributed by atoms with Gasteiger partial charge in [-0.15, -0.1) is 0 Å². The zero-order valence-electron chi connectivity index (χ0n) is 23.2. The number of benzene rings is 1. The highest BCUT2D eigenvalue weighted by atomic mass is 16.7. The van der Waals surface area contributed by atoms with Gasteiger partial charge >= 0.3 is 5.97 Å². The molecule has 200 valence electrons. The topological polar surface area (TPSA) is 71.1 Å². The molecule has 0 radical (unpaired) electrons. The van der Waals surface area contributed by atoms with Crippen LogP contribution in [0.15, 0.2) is 42.5 Å². The lowest BCUT2D eigenvalue weighted by Crippen LogP contribution is -2.56. The van der Waals surface area contributed by atoms with Crippen molar-refractivity contribution in [2.24, 2.45) is 23.7 Å². The van der Waals surface area contributed by atoms with E-state index >= 15 is 0 Å². The number of esters is 1. The van der Waals surface area contributed by atoms with Gasteiger partial charge in [0.05, 0.1) is 24.7 Å². The quantitative estimate of drug-likeness (QED) is 0.481. The number of ether oxygens (including phenoxy) is 4. The van der Waals surface area contributed by atoms with Crippen LogP contribution in [0.1, 0.15) is 73.8 Å². The van der Waals surface area contributed by atoms with E-state index in [0.29, 0.717) is 19.4 Å². The summed E-state index contributed by atoms with van der Waals surface area (Å²) in [5, 5.41) is 0. The van der Waals surface area contributed by atoms with Crippen molar-refractivity contribution in [3.63, 3.8) is 0 Å². The predicted octanol–water partition coefficient (Wildman–Crippen LogP) is 5.88. The third-order valence-electron chi connectivity index (χ3n) is 7.75. The van der Waals surface area contributed by atoms with Crippen molar-refractivity contribution in [1.29, 1.82) is 0 Å². The molecular formula is C30H44O6. The Hall–Kier alpha value is -2.02. The molecule has 2 bridgehead atoms. The Labute approximate surface area is 216 Å². The van der Waals surface area contributed by atoms with E-state index < -0.39 is 23.4 Å². The molecule has 2 heterocycles. The van der Waals surface area contributed by atoms with Crippen LogP contribution in [0.2, 0.25) is 0 Å². The Kier molecular flexibility index (Phi) is 9.18. The predicted molar refractivity (Wildman–Crippen MR) is 139 cm³/mol. The molecule has 0 amide bonds. The Morgan fingerprint density at radius 2 is 1.61 bits per heavy atom. The van der Waals surface area contributed by atoms with E-state index in [1.807, 2.05) is 71.9 Å². The summed E-state index contributed by atoms with van der Waals surface area (Å²) in [6, 6.07) is 9.85. The summed E-state index contributed by atoms with van der Waals surface area (Å²) in [5.74, 6) is -1.76. The minimum atomic E-state index is -0.977. The second kappa shape index (κ2) is 11.6. The number of cyclic esters (lactones) is 1. The molecule has 1 aromatic rings. The summed E-state index contributed by atoms with van der Waals surface area (Å²) in [4.78, 5) is 26.6. The van der Waals surface area contributed by atoms with E-state index in [1.165, 1.54) is 0 Å². The van der Waals surface area contributed by atoms with E-state index in [9.17, 15) is 9.59 Å². The van der Waals surface area contributed by atoms with Gasteiger partial charge in [0.2, 0.25) is 0 Å². The third-order valence-corrected chi connectivity index (χ3v) is 7.75.